The van der Waals surface area contributed by atoms with E-state index in [-0.39, 0.29) is 42.7 Å². The number of carbonyl (C=O) groups is 1. The average Bonchev–Trinajstić information content (AvgIpc) is 2.84. The lowest BCUT2D eigenvalue weighted by atomic mass is 9.99. The number of aryl methyl sites for hydroxylation is 1. The Morgan fingerprint density at radius 2 is 2.10 bits per heavy atom. The molecule has 3 atom stereocenters. The summed E-state index contributed by atoms with van der Waals surface area (Å²) in [7, 11) is 0. The van der Waals surface area contributed by atoms with Gasteiger partial charge in [0.2, 0.25) is 5.91 Å². The van der Waals surface area contributed by atoms with Crippen LogP contribution in [0.3, 0.4) is 0 Å². The second-order valence-electron chi connectivity index (χ2n) is 5.73. The first-order valence-electron chi connectivity index (χ1n) is 7.04. The quantitative estimate of drug-likeness (QED) is 0.919. The number of nitrogens with zero attached hydrogens (tertiary/aromatic N) is 3. The molecule has 1 aliphatic heterocycles. The maximum absolute atomic E-state index is 12.3. The molecule has 0 spiro atoms. The number of nitrogens with two attached hydrogens (primary N) is 1. The Balaban J connectivity index is 0.00000200. The predicted molar refractivity (Wildman–Crippen MR) is 89.1 cm³/mol. The van der Waals surface area contributed by atoms with Crippen LogP contribution in [0.2, 0.25) is 0 Å². The summed E-state index contributed by atoms with van der Waals surface area (Å²) in [4.78, 5) is 14.3. The van der Waals surface area contributed by atoms with Crippen LogP contribution in [0.25, 0.3) is 0 Å². The molecule has 1 saturated heterocycles. The highest BCUT2D eigenvalue weighted by atomic mass is 35.5. The molecule has 3 unspecified atom stereocenters. The molecule has 21 heavy (non-hydrogen) atoms. The molecule has 0 aliphatic carbocycles. The fourth-order valence-corrected chi connectivity index (χ4v) is 2.52. The van der Waals surface area contributed by atoms with Gasteiger partial charge in [0.15, 0.2) is 0 Å². The highest BCUT2D eigenvalue weighted by Crippen LogP contribution is 2.22. The van der Waals surface area contributed by atoms with Crippen LogP contribution in [-0.4, -0.2) is 39.7 Å². The third kappa shape index (κ3) is 4.87. The number of halogens is 2. The van der Waals surface area contributed by atoms with E-state index in [9.17, 15) is 4.79 Å². The van der Waals surface area contributed by atoms with E-state index in [1.807, 2.05) is 42.7 Å². The number of hydrogen-bond donors (Lipinski definition) is 1. The summed E-state index contributed by atoms with van der Waals surface area (Å²) >= 11 is 0. The molecule has 1 amide bonds. The van der Waals surface area contributed by atoms with E-state index in [4.69, 9.17) is 5.73 Å². The molecule has 122 valence electrons. The molecule has 0 bridgehead atoms. The molecule has 0 aromatic carbocycles. The van der Waals surface area contributed by atoms with E-state index in [0.717, 1.165) is 31.5 Å². The Bertz CT molecular complexity index is 450. The van der Waals surface area contributed by atoms with Crippen LogP contribution in [-0.2, 0) is 4.79 Å². The smallest absolute Gasteiger partial charge is 0.227 e. The minimum atomic E-state index is -0.113. The molecular weight excluding hydrogens is 311 g/mol. The van der Waals surface area contributed by atoms with Crippen molar-refractivity contribution in [3.8, 4) is 0 Å². The van der Waals surface area contributed by atoms with E-state index >= 15 is 0 Å². The summed E-state index contributed by atoms with van der Waals surface area (Å²) in [5.41, 5.74) is 6.99. The Labute approximate surface area is 139 Å². The van der Waals surface area contributed by atoms with E-state index < -0.39 is 0 Å². The Morgan fingerprint density at radius 3 is 2.62 bits per heavy atom. The summed E-state index contributed by atoms with van der Waals surface area (Å²) in [5, 5.41) is 4.37. The Morgan fingerprint density at radius 1 is 1.43 bits per heavy atom. The van der Waals surface area contributed by atoms with Crippen LogP contribution in [0.15, 0.2) is 12.4 Å². The maximum atomic E-state index is 12.3. The SMILES string of the molecule is Cc1cnn(C2CCCN(C(=O)C(C)C(C)N)C2)c1.Cl.Cl. The number of likely N-dealkylation sites (tertiary alicyclic amines) is 1. The minimum Gasteiger partial charge on any atom is -0.340 e. The molecule has 1 aromatic heterocycles. The van der Waals surface area contributed by atoms with Gasteiger partial charge in [-0.15, -0.1) is 24.8 Å². The van der Waals surface area contributed by atoms with Crippen LogP contribution >= 0.6 is 24.8 Å². The lowest BCUT2D eigenvalue weighted by molar-refractivity contribution is -0.137. The van der Waals surface area contributed by atoms with Crippen molar-refractivity contribution in [1.29, 1.82) is 0 Å². The van der Waals surface area contributed by atoms with Gasteiger partial charge in [-0.25, -0.2) is 0 Å². The monoisotopic (exact) mass is 336 g/mol. The first kappa shape index (κ1) is 20.2. The molecule has 0 radical (unpaired) electrons. The van der Waals surface area contributed by atoms with Crippen molar-refractivity contribution in [1.82, 2.24) is 14.7 Å². The molecule has 2 heterocycles. The van der Waals surface area contributed by atoms with Gasteiger partial charge in [-0.05, 0) is 32.3 Å². The highest BCUT2D eigenvalue weighted by Gasteiger charge is 2.29. The Kier molecular flexibility index (Phi) is 8.29. The number of hydrogen-bond acceptors (Lipinski definition) is 3. The van der Waals surface area contributed by atoms with Crippen LogP contribution in [0, 0.1) is 12.8 Å². The summed E-state index contributed by atoms with van der Waals surface area (Å²) in [6, 6.07) is 0.200. The molecular formula is C14H26Cl2N4O. The summed E-state index contributed by atoms with van der Waals surface area (Å²) in [5.74, 6) is 0.0571. The van der Waals surface area contributed by atoms with E-state index in [1.165, 1.54) is 0 Å². The van der Waals surface area contributed by atoms with Crippen molar-refractivity contribution in [2.45, 2.75) is 45.7 Å². The lowest BCUT2D eigenvalue weighted by Crippen LogP contribution is -2.46. The van der Waals surface area contributed by atoms with Gasteiger partial charge in [-0.3, -0.25) is 9.48 Å². The second kappa shape index (κ2) is 8.61. The van der Waals surface area contributed by atoms with Gasteiger partial charge in [-0.1, -0.05) is 6.92 Å². The predicted octanol–water partition coefficient (Wildman–Crippen LogP) is 2.18. The number of amides is 1. The molecule has 1 aliphatic rings. The molecule has 2 rings (SSSR count). The largest absolute Gasteiger partial charge is 0.340 e. The standard InChI is InChI=1S/C14H24N4O.2ClH/c1-10-7-16-18(8-10)13-5-4-6-17(9-13)14(19)11(2)12(3)15;;/h7-8,11-13H,4-6,9,15H2,1-3H3;2*1H. The maximum Gasteiger partial charge on any atom is 0.227 e. The van der Waals surface area contributed by atoms with Crippen molar-refractivity contribution in [2.75, 3.05) is 13.1 Å². The second-order valence-corrected chi connectivity index (χ2v) is 5.73. The highest BCUT2D eigenvalue weighted by molar-refractivity contribution is 5.85. The van der Waals surface area contributed by atoms with Crippen molar-refractivity contribution < 1.29 is 4.79 Å². The first-order valence-corrected chi connectivity index (χ1v) is 7.04. The van der Waals surface area contributed by atoms with E-state index in [0.29, 0.717) is 6.04 Å². The summed E-state index contributed by atoms with van der Waals surface area (Å²) in [6.45, 7) is 7.42. The number of rotatable bonds is 3. The van der Waals surface area contributed by atoms with Crippen LogP contribution in [0.5, 0.6) is 0 Å². The molecule has 7 heteroatoms. The minimum absolute atomic E-state index is 0. The summed E-state index contributed by atoms with van der Waals surface area (Å²) in [6.07, 6.45) is 6.03. The normalized spacial score (nSPS) is 21.0. The zero-order chi connectivity index (χ0) is 14.0. The van der Waals surface area contributed by atoms with Crippen molar-refractivity contribution in [3.05, 3.63) is 18.0 Å². The van der Waals surface area contributed by atoms with Gasteiger partial charge >= 0.3 is 0 Å². The van der Waals surface area contributed by atoms with Crippen molar-refractivity contribution in [2.24, 2.45) is 11.7 Å². The van der Waals surface area contributed by atoms with Crippen LogP contribution in [0.4, 0.5) is 0 Å². The zero-order valence-electron chi connectivity index (χ0n) is 12.9. The molecule has 1 fully saturated rings. The third-order valence-corrected chi connectivity index (χ3v) is 3.99. The fourth-order valence-electron chi connectivity index (χ4n) is 2.52. The van der Waals surface area contributed by atoms with Crippen molar-refractivity contribution >= 4 is 30.7 Å². The molecule has 5 nitrogen and oxygen atoms in total. The van der Waals surface area contributed by atoms with E-state index in [2.05, 4.69) is 5.10 Å². The van der Waals surface area contributed by atoms with Gasteiger partial charge in [0.1, 0.15) is 0 Å². The van der Waals surface area contributed by atoms with E-state index in [1.54, 1.807) is 0 Å². The zero-order valence-corrected chi connectivity index (χ0v) is 14.5. The molecule has 2 N–H and O–H groups in total. The number of aromatic nitrogens is 2. The topological polar surface area (TPSA) is 64.2 Å². The molecule has 1 aromatic rings. The Hall–Kier alpha value is -0.780. The van der Waals surface area contributed by atoms with Gasteiger partial charge < -0.3 is 10.6 Å². The van der Waals surface area contributed by atoms with Crippen molar-refractivity contribution in [3.63, 3.8) is 0 Å². The fraction of sp³-hybridized carbons (Fsp3) is 0.714. The average molecular weight is 337 g/mol. The van der Waals surface area contributed by atoms with Gasteiger partial charge in [0.05, 0.1) is 18.2 Å². The number of carbonyl (C=O) groups excluding carboxylic acids is 1. The van der Waals surface area contributed by atoms with Gasteiger partial charge in [-0.2, -0.15) is 5.10 Å². The van der Waals surface area contributed by atoms with Crippen LogP contribution in [0.1, 0.15) is 38.3 Å². The van der Waals surface area contributed by atoms with Gasteiger partial charge in [0, 0.05) is 25.3 Å². The number of piperidine rings is 1. The van der Waals surface area contributed by atoms with Crippen LogP contribution < -0.4 is 5.73 Å². The third-order valence-electron chi connectivity index (χ3n) is 3.99. The summed E-state index contributed by atoms with van der Waals surface area (Å²) < 4.78 is 1.99. The lowest BCUT2D eigenvalue weighted by Gasteiger charge is -2.35. The van der Waals surface area contributed by atoms with Gasteiger partial charge in [0.25, 0.3) is 0 Å². The molecule has 0 saturated carbocycles. The first-order chi connectivity index (χ1) is 8.99.